The van der Waals surface area contributed by atoms with Crippen molar-refractivity contribution >= 4 is 29.8 Å². The van der Waals surface area contributed by atoms with Gasteiger partial charge in [0.25, 0.3) is 0 Å². The van der Waals surface area contributed by atoms with Crippen molar-refractivity contribution in [1.82, 2.24) is 0 Å². The van der Waals surface area contributed by atoms with E-state index in [0.29, 0.717) is 32.3 Å². The Balaban J connectivity index is -0.0000000566. The third kappa shape index (κ3) is 234. The minimum atomic E-state index is -0.211. The number of esters is 5. The average Bonchev–Trinajstić information content (AvgIpc) is 3.47. The number of unbranched alkanes of at least 4 members (excludes halogenated alkanes) is 15. The van der Waals surface area contributed by atoms with Gasteiger partial charge in [0.1, 0.15) is 0 Å². The normalized spacial score (nSPS) is 8.62. The van der Waals surface area contributed by atoms with Crippen molar-refractivity contribution in [2.45, 2.75) is 304 Å². The number of carbonyl (C=O) groups is 5. The van der Waals surface area contributed by atoms with Crippen molar-refractivity contribution in [1.29, 1.82) is 0 Å². The first-order valence-corrected chi connectivity index (χ1v) is 31.7. The van der Waals surface area contributed by atoms with Gasteiger partial charge in [-0.3, -0.25) is 24.0 Å². The summed E-state index contributed by atoms with van der Waals surface area (Å²) in [4.78, 5) is 50.8. The van der Waals surface area contributed by atoms with Gasteiger partial charge in [-0.2, -0.15) is 0 Å². The molecule has 0 heterocycles. The van der Waals surface area contributed by atoms with Crippen molar-refractivity contribution in [2.75, 3.05) is 104 Å². The predicted octanol–water partition coefficient (Wildman–Crippen LogP) is 18.9. The van der Waals surface area contributed by atoms with Crippen molar-refractivity contribution in [2.24, 2.45) is 0 Å². The molecule has 15 heteroatoms. The van der Waals surface area contributed by atoms with Crippen LogP contribution >= 0.6 is 0 Å². The summed E-state index contributed by atoms with van der Waals surface area (Å²) in [5.74, 6) is -0.690. The first-order valence-electron chi connectivity index (χ1n) is 31.7. The summed E-state index contributed by atoms with van der Waals surface area (Å²) in [5.41, 5.74) is 0. The van der Waals surface area contributed by atoms with E-state index >= 15 is 0 Å². The van der Waals surface area contributed by atoms with Gasteiger partial charge in [0.15, 0.2) is 0 Å². The van der Waals surface area contributed by atoms with Crippen LogP contribution in [0.2, 0.25) is 0 Å². The molecule has 0 spiro atoms. The third-order valence-electron chi connectivity index (χ3n) is 9.19. The summed E-state index contributed by atoms with van der Waals surface area (Å²) in [6, 6.07) is 0. The van der Waals surface area contributed by atoms with E-state index in [0.717, 1.165) is 78.0 Å². The number of carbonyl (C=O) groups excluding carboxylic acids is 5. The van der Waals surface area contributed by atoms with Gasteiger partial charge in [0, 0.05) is 101 Å². The lowest BCUT2D eigenvalue weighted by Gasteiger charge is -1.95. The molecule has 0 rings (SSSR count). The van der Waals surface area contributed by atoms with Gasteiger partial charge in [-0.25, -0.2) is 0 Å². The molecule has 81 heavy (non-hydrogen) atoms. The van der Waals surface area contributed by atoms with E-state index in [4.69, 9.17) is 18.9 Å². The van der Waals surface area contributed by atoms with E-state index in [2.05, 4.69) is 105 Å². The van der Waals surface area contributed by atoms with Crippen molar-refractivity contribution in [3.05, 3.63) is 0 Å². The Morgan fingerprint density at radius 3 is 0.728 bits per heavy atom. The van der Waals surface area contributed by atoms with Gasteiger partial charge >= 0.3 is 29.8 Å². The molecule has 0 aliphatic heterocycles. The smallest absolute Gasteiger partial charge is 0.305 e. The zero-order valence-corrected chi connectivity index (χ0v) is 59.4. The second kappa shape index (κ2) is 137. The Morgan fingerprint density at radius 1 is 0.259 bits per heavy atom. The Morgan fingerprint density at radius 2 is 0.543 bits per heavy atom. The fourth-order valence-corrected chi connectivity index (χ4v) is 4.39. The van der Waals surface area contributed by atoms with Crippen LogP contribution in [-0.2, 0) is 71.3 Å². The number of rotatable bonds is 32. The number of methoxy groups -OCH3 is 9. The molecule has 0 unspecified atom stereocenters. The molecule has 0 aliphatic rings. The van der Waals surface area contributed by atoms with E-state index in [1.807, 2.05) is 20.8 Å². The summed E-state index contributed by atoms with van der Waals surface area (Å²) >= 11 is 0. The average molecular weight is 1180 g/mol. The summed E-state index contributed by atoms with van der Waals surface area (Å²) in [6.45, 7) is 39.7. The van der Waals surface area contributed by atoms with Crippen molar-refractivity contribution < 1.29 is 71.3 Å². The van der Waals surface area contributed by atoms with E-state index in [-0.39, 0.29) is 29.8 Å². The molecule has 0 aromatic rings. The molecule has 0 saturated heterocycles. The van der Waals surface area contributed by atoms with Crippen LogP contribution in [0.3, 0.4) is 0 Å². The Kier molecular flexibility index (Phi) is 185. The van der Waals surface area contributed by atoms with Crippen molar-refractivity contribution in [3.8, 4) is 0 Å². The number of ether oxygens (including phenoxy) is 10. The molecule has 0 radical (unpaired) electrons. The molecule has 0 aromatic carbocycles. The van der Waals surface area contributed by atoms with Gasteiger partial charge in [-0.1, -0.05) is 213 Å². The molecule has 0 saturated carbocycles. The fourth-order valence-electron chi connectivity index (χ4n) is 4.39. The molecule has 0 amide bonds. The standard InChI is InChI=1S/C7H14O2.C7H16O.C7H16.C6H12O2.C6H14O.C5H10O2.C5H12O.C5H12.2C4H8O2.C4H10O.C3H8O.C3H8/c1-3-4-5-6-7(8)9-2;1-3-4-5-6-7-8-2;1-3-5-7-6-4-2;1-3-4-5-6(7)8-2;1-3-4-5-6-7-2;1-3-4-5(6)7-2;1-3-4-5-6-2;1-3-5-4-2;1-3-4(5)6-2;1-3-6-4(2)5;1-3-4-5-2;1-3-4-2;1-3-2/h3-6H2,1-2H3;3-7H2,1-2H3;3-7H2,1-2H3;3-5H2,1-2H3;3-6H2,1-2H3;3-4H2,1-2H3;3-5H2,1-2H3;3-5H2,1-2H3;2*3H2,1-2H3;3-4H2,1-2H3;3H2,1-2H3;3H2,1-2H3. The highest BCUT2D eigenvalue weighted by Crippen LogP contribution is 2.01. The van der Waals surface area contributed by atoms with Gasteiger partial charge in [0.05, 0.1) is 35.0 Å². The Hall–Kier alpha value is -2.85. The van der Waals surface area contributed by atoms with Crippen LogP contribution in [-0.4, -0.2) is 133 Å². The molecule has 0 fully saturated rings. The summed E-state index contributed by atoms with van der Waals surface area (Å²) in [7, 11) is 14.2. The van der Waals surface area contributed by atoms with Gasteiger partial charge < -0.3 is 47.4 Å². The van der Waals surface area contributed by atoms with E-state index in [9.17, 15) is 24.0 Å². The lowest BCUT2D eigenvalue weighted by Crippen LogP contribution is -1.98. The molecular formula is C66H148O15. The highest BCUT2D eigenvalue weighted by molar-refractivity contribution is 5.69. The molecule has 15 nitrogen and oxygen atoms in total. The number of hydrogen-bond donors (Lipinski definition) is 0. The first kappa shape index (κ1) is 110. The zero-order chi connectivity index (χ0) is 65.7. The van der Waals surface area contributed by atoms with Crippen LogP contribution in [0.25, 0.3) is 0 Å². The summed E-state index contributed by atoms with van der Waals surface area (Å²) < 4.78 is 45.6. The number of hydrogen-bond acceptors (Lipinski definition) is 15. The fraction of sp³-hybridized carbons (Fsp3) is 0.924. The van der Waals surface area contributed by atoms with Crippen LogP contribution in [0.4, 0.5) is 0 Å². The lowest BCUT2D eigenvalue weighted by atomic mass is 10.2. The van der Waals surface area contributed by atoms with Gasteiger partial charge in [-0.05, 0) is 58.8 Å². The minimum Gasteiger partial charge on any atom is -0.469 e. The minimum absolute atomic E-state index is 0.0940. The monoisotopic (exact) mass is 1180 g/mol. The Labute approximate surface area is 506 Å². The molecule has 0 N–H and O–H groups in total. The molecule has 0 aliphatic carbocycles. The maximum Gasteiger partial charge on any atom is 0.305 e. The van der Waals surface area contributed by atoms with E-state index in [1.165, 1.54) is 151 Å². The highest BCUT2D eigenvalue weighted by Gasteiger charge is 1.97. The summed E-state index contributed by atoms with van der Waals surface area (Å²) in [6.07, 6.45) is 33.1. The van der Waals surface area contributed by atoms with E-state index in [1.54, 1.807) is 49.4 Å². The van der Waals surface area contributed by atoms with Gasteiger partial charge in [0.2, 0.25) is 0 Å². The predicted molar refractivity (Wildman–Crippen MR) is 349 cm³/mol. The van der Waals surface area contributed by atoms with Crippen LogP contribution in [0.5, 0.6) is 0 Å². The topological polar surface area (TPSA) is 178 Å². The molecule has 0 aromatic heterocycles. The molecule has 0 bridgehead atoms. The molecule has 502 valence electrons. The van der Waals surface area contributed by atoms with Crippen LogP contribution < -0.4 is 0 Å². The first-order chi connectivity index (χ1) is 38.8. The van der Waals surface area contributed by atoms with E-state index < -0.39 is 0 Å². The van der Waals surface area contributed by atoms with Crippen molar-refractivity contribution in [3.63, 3.8) is 0 Å². The molecule has 0 atom stereocenters. The van der Waals surface area contributed by atoms with Crippen LogP contribution in [0.15, 0.2) is 0 Å². The highest BCUT2D eigenvalue weighted by atomic mass is 16.5. The maximum absolute atomic E-state index is 10.5. The second-order valence-electron chi connectivity index (χ2n) is 17.7. The SMILES string of the molecule is CCC.CCC(=O)OC.CCCC(=O)OC.CCCCC.CCCCC(=O)OC.CCCCCC(=O)OC.CCCCCCC.CCCCCCOC.CCCCCOC.CCCCOC.CCCOC.CCOC.CCOC(C)=O. The van der Waals surface area contributed by atoms with Crippen LogP contribution in [0.1, 0.15) is 304 Å². The van der Waals surface area contributed by atoms with Crippen LogP contribution in [0, 0.1) is 0 Å². The molecular weight excluding hydrogens is 1030 g/mol. The van der Waals surface area contributed by atoms with Gasteiger partial charge in [-0.15, -0.1) is 0 Å². The Bertz CT molecular complexity index is 924. The maximum atomic E-state index is 10.5. The summed E-state index contributed by atoms with van der Waals surface area (Å²) in [5, 5.41) is 0. The third-order valence-corrected chi connectivity index (χ3v) is 9.19. The zero-order valence-electron chi connectivity index (χ0n) is 59.4. The lowest BCUT2D eigenvalue weighted by molar-refractivity contribution is -0.141. The quantitative estimate of drug-likeness (QED) is 0.0353. The largest absolute Gasteiger partial charge is 0.469 e. The second-order valence-corrected chi connectivity index (χ2v) is 17.7.